The van der Waals surface area contributed by atoms with E-state index in [0.29, 0.717) is 22.8 Å². The molecule has 0 fully saturated rings. The maximum absolute atomic E-state index is 6.05. The predicted octanol–water partition coefficient (Wildman–Crippen LogP) is 3.12. The minimum atomic E-state index is 0.330. The highest BCUT2D eigenvalue weighted by Gasteiger charge is 2.08. The standard InChI is InChI=1S/C11H19ClN4S/c1-4-5-13-11-14-6-9(12)10(16-11)15-8(2)7-17-3/h6,8H,4-5,7H2,1-3H3,(H2,13,14,15,16). The van der Waals surface area contributed by atoms with Gasteiger partial charge in [0.2, 0.25) is 5.95 Å². The van der Waals surface area contributed by atoms with E-state index in [1.54, 1.807) is 18.0 Å². The fourth-order valence-corrected chi connectivity index (χ4v) is 2.04. The molecule has 1 heterocycles. The number of nitrogens with zero attached hydrogens (tertiary/aromatic N) is 2. The molecule has 4 nitrogen and oxygen atoms in total. The van der Waals surface area contributed by atoms with Crippen molar-refractivity contribution in [2.45, 2.75) is 26.3 Å². The van der Waals surface area contributed by atoms with Crippen molar-refractivity contribution in [1.29, 1.82) is 0 Å². The zero-order valence-corrected chi connectivity index (χ0v) is 12.0. The summed E-state index contributed by atoms with van der Waals surface area (Å²) in [5.74, 6) is 2.33. The molecular formula is C11H19ClN4S. The first kappa shape index (κ1) is 14.4. The Labute approximate surface area is 112 Å². The van der Waals surface area contributed by atoms with Crippen LogP contribution in [0.3, 0.4) is 0 Å². The second-order valence-corrected chi connectivity index (χ2v) is 5.14. The summed E-state index contributed by atoms with van der Waals surface area (Å²) in [5.41, 5.74) is 0. The quantitative estimate of drug-likeness (QED) is 0.800. The molecule has 0 saturated carbocycles. The van der Waals surface area contributed by atoms with Crippen LogP contribution in [-0.2, 0) is 0 Å². The lowest BCUT2D eigenvalue weighted by atomic mass is 10.4. The van der Waals surface area contributed by atoms with Crippen LogP contribution in [0.25, 0.3) is 0 Å². The summed E-state index contributed by atoms with van der Waals surface area (Å²) in [5, 5.41) is 6.98. The van der Waals surface area contributed by atoms with Gasteiger partial charge in [0.1, 0.15) is 5.02 Å². The second kappa shape index (κ2) is 7.61. The van der Waals surface area contributed by atoms with Crippen molar-refractivity contribution in [2.24, 2.45) is 0 Å². The second-order valence-electron chi connectivity index (χ2n) is 3.82. The van der Waals surface area contributed by atoms with Crippen molar-refractivity contribution >= 4 is 35.1 Å². The van der Waals surface area contributed by atoms with Gasteiger partial charge in [0.15, 0.2) is 5.82 Å². The van der Waals surface area contributed by atoms with Crippen molar-refractivity contribution in [3.63, 3.8) is 0 Å². The number of rotatable bonds is 7. The van der Waals surface area contributed by atoms with E-state index in [0.717, 1.165) is 18.7 Å². The van der Waals surface area contributed by atoms with Gasteiger partial charge in [0.25, 0.3) is 0 Å². The van der Waals surface area contributed by atoms with Crippen LogP contribution in [0.1, 0.15) is 20.3 Å². The molecule has 0 aliphatic carbocycles. The summed E-state index contributed by atoms with van der Waals surface area (Å²) < 4.78 is 0. The lowest BCUT2D eigenvalue weighted by Gasteiger charge is -2.14. The molecule has 0 aliphatic heterocycles. The van der Waals surface area contributed by atoms with E-state index in [4.69, 9.17) is 11.6 Å². The first-order valence-electron chi connectivity index (χ1n) is 5.69. The fourth-order valence-electron chi connectivity index (χ4n) is 1.32. The van der Waals surface area contributed by atoms with Crippen molar-refractivity contribution in [3.8, 4) is 0 Å². The molecule has 17 heavy (non-hydrogen) atoms. The Kier molecular flexibility index (Phi) is 6.44. The molecule has 96 valence electrons. The zero-order chi connectivity index (χ0) is 12.7. The number of hydrogen-bond donors (Lipinski definition) is 2. The fraction of sp³-hybridized carbons (Fsp3) is 0.636. The minimum absolute atomic E-state index is 0.330. The normalized spacial score (nSPS) is 12.2. The van der Waals surface area contributed by atoms with E-state index in [1.807, 2.05) is 0 Å². The Balaban J connectivity index is 2.68. The smallest absolute Gasteiger partial charge is 0.224 e. The molecule has 0 amide bonds. The molecular weight excluding hydrogens is 256 g/mol. The van der Waals surface area contributed by atoms with Gasteiger partial charge in [-0.1, -0.05) is 18.5 Å². The van der Waals surface area contributed by atoms with Crippen molar-refractivity contribution in [3.05, 3.63) is 11.2 Å². The lowest BCUT2D eigenvalue weighted by Crippen LogP contribution is -2.19. The molecule has 1 aromatic heterocycles. The van der Waals surface area contributed by atoms with Gasteiger partial charge in [-0.15, -0.1) is 0 Å². The first-order valence-corrected chi connectivity index (χ1v) is 7.46. The monoisotopic (exact) mass is 274 g/mol. The third-order valence-corrected chi connectivity index (χ3v) is 3.19. The summed E-state index contributed by atoms with van der Waals surface area (Å²) in [7, 11) is 0. The summed E-state index contributed by atoms with van der Waals surface area (Å²) in [6.45, 7) is 5.07. The van der Waals surface area contributed by atoms with E-state index >= 15 is 0 Å². The van der Waals surface area contributed by atoms with Gasteiger partial charge < -0.3 is 10.6 Å². The average Bonchev–Trinajstić information content (AvgIpc) is 2.30. The van der Waals surface area contributed by atoms with E-state index in [-0.39, 0.29) is 0 Å². The summed E-state index contributed by atoms with van der Waals surface area (Å²) in [4.78, 5) is 8.49. The van der Waals surface area contributed by atoms with E-state index in [1.165, 1.54) is 0 Å². The highest BCUT2D eigenvalue weighted by atomic mass is 35.5. The number of halogens is 1. The Morgan fingerprint density at radius 2 is 2.29 bits per heavy atom. The Morgan fingerprint density at radius 3 is 2.94 bits per heavy atom. The molecule has 0 spiro atoms. The molecule has 0 radical (unpaired) electrons. The van der Waals surface area contributed by atoms with Crippen LogP contribution in [0.15, 0.2) is 6.20 Å². The van der Waals surface area contributed by atoms with Gasteiger partial charge in [-0.25, -0.2) is 4.98 Å². The number of aromatic nitrogens is 2. The van der Waals surface area contributed by atoms with E-state index in [9.17, 15) is 0 Å². The van der Waals surface area contributed by atoms with Gasteiger partial charge in [0, 0.05) is 18.3 Å². The van der Waals surface area contributed by atoms with Crippen molar-refractivity contribution in [2.75, 3.05) is 29.2 Å². The molecule has 1 rings (SSSR count). The largest absolute Gasteiger partial charge is 0.365 e. The van der Waals surface area contributed by atoms with Crippen LogP contribution in [-0.4, -0.2) is 34.6 Å². The average molecular weight is 275 g/mol. The number of hydrogen-bond acceptors (Lipinski definition) is 5. The van der Waals surface area contributed by atoms with E-state index < -0.39 is 0 Å². The van der Waals surface area contributed by atoms with Gasteiger partial charge in [-0.05, 0) is 19.6 Å². The van der Waals surface area contributed by atoms with Crippen molar-refractivity contribution < 1.29 is 0 Å². The molecule has 1 unspecified atom stereocenters. The van der Waals surface area contributed by atoms with Crippen LogP contribution in [0.5, 0.6) is 0 Å². The molecule has 0 aromatic carbocycles. The highest BCUT2D eigenvalue weighted by Crippen LogP contribution is 2.20. The summed E-state index contributed by atoms with van der Waals surface area (Å²) >= 11 is 7.84. The third kappa shape index (κ3) is 5.00. The van der Waals surface area contributed by atoms with Crippen molar-refractivity contribution in [1.82, 2.24) is 9.97 Å². The van der Waals surface area contributed by atoms with Gasteiger partial charge in [-0.3, -0.25) is 0 Å². The van der Waals surface area contributed by atoms with Crippen LogP contribution >= 0.6 is 23.4 Å². The molecule has 2 N–H and O–H groups in total. The van der Waals surface area contributed by atoms with Crippen LogP contribution in [0.2, 0.25) is 5.02 Å². The summed E-state index contributed by atoms with van der Waals surface area (Å²) in [6, 6.07) is 0.330. The lowest BCUT2D eigenvalue weighted by molar-refractivity contribution is 0.895. The molecule has 6 heteroatoms. The Morgan fingerprint density at radius 1 is 1.53 bits per heavy atom. The van der Waals surface area contributed by atoms with E-state index in [2.05, 4.69) is 40.7 Å². The molecule has 1 atom stereocenters. The number of nitrogens with one attached hydrogen (secondary N) is 2. The van der Waals surface area contributed by atoms with Crippen LogP contribution in [0.4, 0.5) is 11.8 Å². The number of thioether (sulfide) groups is 1. The Bertz CT molecular complexity index is 348. The van der Waals surface area contributed by atoms with Gasteiger partial charge >= 0.3 is 0 Å². The molecule has 1 aromatic rings. The number of anilines is 2. The molecule has 0 bridgehead atoms. The maximum atomic E-state index is 6.05. The zero-order valence-electron chi connectivity index (χ0n) is 10.5. The van der Waals surface area contributed by atoms with Gasteiger partial charge in [-0.2, -0.15) is 16.7 Å². The molecule has 0 saturated heterocycles. The van der Waals surface area contributed by atoms with Gasteiger partial charge in [0.05, 0.1) is 6.20 Å². The maximum Gasteiger partial charge on any atom is 0.224 e. The summed E-state index contributed by atoms with van der Waals surface area (Å²) in [6.07, 6.45) is 4.74. The minimum Gasteiger partial charge on any atom is -0.365 e. The highest BCUT2D eigenvalue weighted by molar-refractivity contribution is 7.98. The topological polar surface area (TPSA) is 49.8 Å². The SMILES string of the molecule is CCCNc1ncc(Cl)c(NC(C)CSC)n1. The van der Waals surface area contributed by atoms with Crippen LogP contribution < -0.4 is 10.6 Å². The Hall–Kier alpha value is -0.680. The third-order valence-electron chi connectivity index (χ3n) is 2.08. The van der Waals surface area contributed by atoms with Crippen LogP contribution in [0, 0.1) is 0 Å². The first-order chi connectivity index (χ1) is 8.17. The molecule has 0 aliphatic rings. The predicted molar refractivity (Wildman–Crippen MR) is 77.3 cm³/mol.